The molecule has 2 N–H and O–H groups in total. The molecule has 1 heterocycles. The predicted molar refractivity (Wildman–Crippen MR) is 112 cm³/mol. The van der Waals surface area contributed by atoms with Crippen LogP contribution in [0.3, 0.4) is 0 Å². The van der Waals surface area contributed by atoms with Gasteiger partial charge >= 0.3 is 0 Å². The first kappa shape index (κ1) is 20.9. The number of ether oxygens (including phenoxy) is 2. The van der Waals surface area contributed by atoms with Crippen molar-refractivity contribution in [3.8, 4) is 11.5 Å². The number of nitrogens with zero attached hydrogens (tertiary/aromatic N) is 1. The number of carbonyl (C=O) groups excluding carboxylic acids is 1. The second kappa shape index (κ2) is 9.66. The van der Waals surface area contributed by atoms with E-state index in [0.717, 1.165) is 18.6 Å². The number of hydrogen-bond acceptors (Lipinski definition) is 6. The molecule has 8 heteroatoms. The largest absolute Gasteiger partial charge is 0.490 e. The number of halogens is 1. The molecule has 30 heavy (non-hydrogen) atoms. The average molecular weight is 433 g/mol. The number of hydroxylamine groups is 2. The molecule has 1 saturated carbocycles. The Bertz CT molecular complexity index is 859. The summed E-state index contributed by atoms with van der Waals surface area (Å²) in [4.78, 5) is 17.9. The summed E-state index contributed by atoms with van der Waals surface area (Å²) in [5.41, 5.74) is 0.477. The molecule has 7 nitrogen and oxygen atoms in total. The number of aliphatic hydroxyl groups is 1. The minimum Gasteiger partial charge on any atom is -0.490 e. The fraction of sp³-hybridized carbons (Fsp3) is 0.409. The van der Waals surface area contributed by atoms with Crippen LogP contribution in [0.2, 0.25) is 5.02 Å². The minimum absolute atomic E-state index is 0.0519. The molecule has 2 aromatic rings. The van der Waals surface area contributed by atoms with Crippen molar-refractivity contribution in [3.05, 3.63) is 59.1 Å². The van der Waals surface area contributed by atoms with Crippen LogP contribution in [0.4, 0.5) is 0 Å². The molecule has 4 rings (SSSR count). The van der Waals surface area contributed by atoms with Crippen LogP contribution in [0.15, 0.2) is 48.5 Å². The molecule has 1 aliphatic heterocycles. The maximum Gasteiger partial charge on any atom is 0.255 e. The minimum atomic E-state index is -0.779. The number of amides is 1. The fourth-order valence-corrected chi connectivity index (χ4v) is 3.30. The van der Waals surface area contributed by atoms with Gasteiger partial charge in [-0.3, -0.25) is 9.63 Å². The van der Waals surface area contributed by atoms with Crippen molar-refractivity contribution in [3.63, 3.8) is 0 Å². The number of benzene rings is 2. The molecule has 0 spiro atoms. The summed E-state index contributed by atoms with van der Waals surface area (Å²) in [6, 6.07) is 14.5. The lowest BCUT2D eigenvalue weighted by molar-refractivity contribution is -0.131. The topological polar surface area (TPSA) is 80.3 Å². The molecule has 0 bridgehead atoms. The highest BCUT2D eigenvalue weighted by Gasteiger charge is 2.28. The van der Waals surface area contributed by atoms with Gasteiger partial charge < -0.3 is 19.9 Å². The first-order chi connectivity index (χ1) is 14.6. The summed E-state index contributed by atoms with van der Waals surface area (Å²) >= 11 is 5.88. The maximum atomic E-state index is 12.3. The van der Waals surface area contributed by atoms with Crippen molar-refractivity contribution in [2.75, 3.05) is 26.3 Å². The number of nitrogens with one attached hydrogen (secondary N) is 1. The number of aliphatic hydroxyl groups excluding tert-OH is 1. The van der Waals surface area contributed by atoms with Gasteiger partial charge in [0.1, 0.15) is 36.9 Å². The molecular formula is C22H25ClN2O5. The summed E-state index contributed by atoms with van der Waals surface area (Å²) < 4.78 is 11.6. The van der Waals surface area contributed by atoms with Gasteiger partial charge in [-0.25, -0.2) is 0 Å². The maximum absolute atomic E-state index is 12.3. The van der Waals surface area contributed by atoms with Gasteiger partial charge in [-0.15, -0.1) is 0 Å². The average Bonchev–Trinajstić information content (AvgIpc) is 3.45. The normalized spacial score (nSPS) is 20.0. The Morgan fingerprint density at radius 2 is 2.00 bits per heavy atom. The van der Waals surface area contributed by atoms with E-state index < -0.39 is 6.10 Å². The zero-order chi connectivity index (χ0) is 20.9. The molecule has 1 amide bonds. The van der Waals surface area contributed by atoms with E-state index in [1.807, 2.05) is 12.1 Å². The van der Waals surface area contributed by atoms with E-state index in [0.29, 0.717) is 29.5 Å². The molecule has 1 saturated heterocycles. The van der Waals surface area contributed by atoms with Gasteiger partial charge in [0.2, 0.25) is 0 Å². The van der Waals surface area contributed by atoms with Gasteiger partial charge in [0, 0.05) is 11.1 Å². The number of hydrogen-bond donors (Lipinski definition) is 2. The first-order valence-corrected chi connectivity index (χ1v) is 10.5. The highest BCUT2D eigenvalue weighted by Crippen LogP contribution is 2.23. The quantitative estimate of drug-likeness (QED) is 0.634. The van der Waals surface area contributed by atoms with Gasteiger partial charge in [0.05, 0.1) is 18.7 Å². The van der Waals surface area contributed by atoms with E-state index in [9.17, 15) is 9.90 Å². The van der Waals surface area contributed by atoms with Crippen molar-refractivity contribution in [1.29, 1.82) is 0 Å². The zero-order valence-corrected chi connectivity index (χ0v) is 17.3. The number of β-amino-alcohol motifs (C(OH)–C–C–N with tert-alkyl or cyclic N) is 1. The standard InChI is InChI=1S/C22H25ClN2O5/c23-15-5-9-18(10-6-15)30-19-12-25(29-14-19)11-17(26)13-28-21-4-2-1-3-20(21)22(27)24-16-7-8-16/h1-6,9-10,16-17,19,26H,7-8,11-14H2,(H,24,27)/t17-,19-/m1/s1. The Morgan fingerprint density at radius 1 is 1.23 bits per heavy atom. The molecule has 0 unspecified atom stereocenters. The van der Waals surface area contributed by atoms with Crippen LogP contribution < -0.4 is 14.8 Å². The van der Waals surface area contributed by atoms with E-state index in [4.69, 9.17) is 25.9 Å². The smallest absolute Gasteiger partial charge is 0.255 e. The molecule has 0 aromatic heterocycles. The van der Waals surface area contributed by atoms with E-state index in [1.165, 1.54) is 0 Å². The van der Waals surface area contributed by atoms with Crippen molar-refractivity contribution in [1.82, 2.24) is 10.4 Å². The third kappa shape index (κ3) is 5.86. The summed E-state index contributed by atoms with van der Waals surface area (Å²) in [5, 5.41) is 15.6. The SMILES string of the molecule is O=C(NC1CC1)c1ccccc1OC[C@H](O)CN1C[C@@H](Oc2ccc(Cl)cc2)CO1. The van der Waals surface area contributed by atoms with Gasteiger partial charge in [-0.05, 0) is 49.2 Å². The van der Waals surface area contributed by atoms with Crippen LogP contribution in [0, 0.1) is 0 Å². The van der Waals surface area contributed by atoms with E-state index in [1.54, 1.807) is 41.5 Å². The van der Waals surface area contributed by atoms with E-state index in [2.05, 4.69) is 5.32 Å². The monoisotopic (exact) mass is 432 g/mol. The lowest BCUT2D eigenvalue weighted by Gasteiger charge is -2.19. The van der Waals surface area contributed by atoms with Gasteiger partial charge in [0.25, 0.3) is 5.91 Å². The van der Waals surface area contributed by atoms with Crippen LogP contribution in [0.5, 0.6) is 11.5 Å². The molecule has 160 valence electrons. The molecule has 2 aliphatic rings. The van der Waals surface area contributed by atoms with Crippen LogP contribution in [-0.4, -0.2) is 60.6 Å². The number of carbonyl (C=O) groups is 1. The van der Waals surface area contributed by atoms with E-state index in [-0.39, 0.29) is 31.2 Å². The second-order valence-electron chi connectivity index (χ2n) is 7.55. The third-order valence-electron chi connectivity index (χ3n) is 4.86. The lowest BCUT2D eigenvalue weighted by Crippen LogP contribution is -2.35. The highest BCUT2D eigenvalue weighted by atomic mass is 35.5. The molecule has 2 fully saturated rings. The Hall–Kier alpha value is -2.32. The zero-order valence-electron chi connectivity index (χ0n) is 16.5. The van der Waals surface area contributed by atoms with E-state index >= 15 is 0 Å². The van der Waals surface area contributed by atoms with Crippen molar-refractivity contribution in [2.45, 2.75) is 31.1 Å². The van der Waals surface area contributed by atoms with Gasteiger partial charge in [-0.2, -0.15) is 5.06 Å². The van der Waals surface area contributed by atoms with Crippen molar-refractivity contribution in [2.24, 2.45) is 0 Å². The summed E-state index contributed by atoms with van der Waals surface area (Å²) in [7, 11) is 0. The molecule has 1 aliphatic carbocycles. The lowest BCUT2D eigenvalue weighted by atomic mass is 10.2. The molecule has 2 atom stereocenters. The fourth-order valence-electron chi connectivity index (χ4n) is 3.17. The van der Waals surface area contributed by atoms with Crippen molar-refractivity contribution >= 4 is 17.5 Å². The molecular weight excluding hydrogens is 408 g/mol. The summed E-state index contributed by atoms with van der Waals surface area (Å²) in [6.07, 6.45) is 1.13. The molecule has 0 radical (unpaired) electrons. The van der Waals surface area contributed by atoms with Crippen LogP contribution in [-0.2, 0) is 4.84 Å². The van der Waals surface area contributed by atoms with Crippen LogP contribution >= 0.6 is 11.6 Å². The number of rotatable bonds is 9. The van der Waals surface area contributed by atoms with Crippen LogP contribution in [0.25, 0.3) is 0 Å². The summed E-state index contributed by atoms with van der Waals surface area (Å²) in [6.45, 7) is 1.26. The Kier molecular flexibility index (Phi) is 6.74. The Balaban J connectivity index is 1.23. The number of para-hydroxylation sites is 1. The molecule has 2 aromatic carbocycles. The predicted octanol–water partition coefficient (Wildman–Crippen LogP) is 2.67. The van der Waals surface area contributed by atoms with Gasteiger partial charge in [-0.1, -0.05) is 23.7 Å². The van der Waals surface area contributed by atoms with Gasteiger partial charge in [0.15, 0.2) is 0 Å². The Labute approximate surface area is 180 Å². The first-order valence-electron chi connectivity index (χ1n) is 10.1. The summed E-state index contributed by atoms with van der Waals surface area (Å²) in [5.74, 6) is 1.04. The highest BCUT2D eigenvalue weighted by molar-refractivity contribution is 6.30. The second-order valence-corrected chi connectivity index (χ2v) is 7.98. The van der Waals surface area contributed by atoms with Crippen molar-refractivity contribution < 1.29 is 24.2 Å². The Morgan fingerprint density at radius 3 is 2.77 bits per heavy atom. The third-order valence-corrected chi connectivity index (χ3v) is 5.11. The van der Waals surface area contributed by atoms with Crippen LogP contribution in [0.1, 0.15) is 23.2 Å².